The molecule has 4 heteroatoms. The number of nitriles is 2. The first-order chi connectivity index (χ1) is 9.27. The van der Waals surface area contributed by atoms with Crippen LogP contribution in [0.4, 0.5) is 0 Å². The second kappa shape index (κ2) is 6.02. The van der Waals surface area contributed by atoms with Crippen LogP contribution >= 0.6 is 0 Å². The summed E-state index contributed by atoms with van der Waals surface area (Å²) in [5.74, 6) is -0.304. The molecular weight excluding hydrogens is 238 g/mol. The largest absolute Gasteiger partial charge is 0.316 e. The average Bonchev–Trinajstić information content (AvgIpc) is 2.46. The SMILES string of the molecule is N#CCN(CC#N)C(=O)C1CCCc2ccccc21. The summed E-state index contributed by atoms with van der Waals surface area (Å²) in [6.07, 6.45) is 2.76. The Hall–Kier alpha value is -2.33. The van der Waals surface area contributed by atoms with Crippen molar-refractivity contribution in [3.63, 3.8) is 0 Å². The number of aryl methyl sites for hydroxylation is 1. The third kappa shape index (κ3) is 2.74. The third-order valence-corrected chi connectivity index (χ3v) is 3.50. The molecule has 0 bridgehead atoms. The summed E-state index contributed by atoms with van der Waals surface area (Å²) in [6, 6.07) is 11.8. The van der Waals surface area contributed by atoms with Crippen LogP contribution in [0.25, 0.3) is 0 Å². The molecule has 1 aromatic rings. The predicted molar refractivity (Wildman–Crippen MR) is 69.9 cm³/mol. The summed E-state index contributed by atoms with van der Waals surface area (Å²) in [6.45, 7) is -0.0455. The Morgan fingerprint density at radius 3 is 2.63 bits per heavy atom. The molecule has 0 fully saturated rings. The van der Waals surface area contributed by atoms with Crippen molar-refractivity contribution < 1.29 is 4.79 Å². The number of carbonyl (C=O) groups excluding carboxylic acids is 1. The van der Waals surface area contributed by atoms with E-state index in [0.29, 0.717) is 0 Å². The van der Waals surface area contributed by atoms with E-state index in [4.69, 9.17) is 10.5 Å². The van der Waals surface area contributed by atoms with Crippen LogP contribution in [-0.4, -0.2) is 23.9 Å². The molecule has 0 saturated carbocycles. The Kier molecular flexibility index (Phi) is 4.15. The molecule has 0 aromatic heterocycles. The summed E-state index contributed by atoms with van der Waals surface area (Å²) < 4.78 is 0. The molecule has 0 saturated heterocycles. The van der Waals surface area contributed by atoms with E-state index in [1.54, 1.807) is 0 Å². The number of carbonyl (C=O) groups is 1. The molecule has 1 aliphatic carbocycles. The zero-order valence-corrected chi connectivity index (χ0v) is 10.7. The molecule has 0 aliphatic heterocycles. The topological polar surface area (TPSA) is 67.9 Å². The van der Waals surface area contributed by atoms with Crippen LogP contribution in [0.1, 0.15) is 29.9 Å². The number of nitrogens with zero attached hydrogens (tertiary/aromatic N) is 3. The van der Waals surface area contributed by atoms with Crippen molar-refractivity contribution in [1.82, 2.24) is 4.90 Å². The van der Waals surface area contributed by atoms with Gasteiger partial charge in [-0.3, -0.25) is 4.79 Å². The second-order valence-corrected chi connectivity index (χ2v) is 4.65. The predicted octanol–water partition coefficient (Wildman–Crippen LogP) is 1.98. The lowest BCUT2D eigenvalue weighted by Crippen LogP contribution is -2.37. The maximum Gasteiger partial charge on any atom is 0.231 e. The van der Waals surface area contributed by atoms with Gasteiger partial charge >= 0.3 is 0 Å². The van der Waals surface area contributed by atoms with E-state index in [-0.39, 0.29) is 24.9 Å². The quantitative estimate of drug-likeness (QED) is 0.773. The fraction of sp³-hybridized carbons (Fsp3) is 0.400. The fourth-order valence-electron chi connectivity index (χ4n) is 2.61. The highest BCUT2D eigenvalue weighted by Crippen LogP contribution is 2.32. The normalized spacial score (nSPS) is 16.8. The first-order valence-corrected chi connectivity index (χ1v) is 6.38. The number of hydrogen-bond donors (Lipinski definition) is 0. The molecule has 0 N–H and O–H groups in total. The van der Waals surface area contributed by atoms with Crippen molar-refractivity contribution in [2.75, 3.05) is 13.1 Å². The van der Waals surface area contributed by atoms with Crippen molar-refractivity contribution in [3.05, 3.63) is 35.4 Å². The van der Waals surface area contributed by atoms with Gasteiger partial charge in [0, 0.05) is 0 Å². The van der Waals surface area contributed by atoms with Gasteiger partial charge in [-0.1, -0.05) is 24.3 Å². The van der Waals surface area contributed by atoms with E-state index >= 15 is 0 Å². The van der Waals surface area contributed by atoms with Crippen LogP contribution in [-0.2, 0) is 11.2 Å². The molecule has 0 heterocycles. The summed E-state index contributed by atoms with van der Waals surface area (Å²) in [7, 11) is 0. The minimum atomic E-state index is -0.202. The van der Waals surface area contributed by atoms with Crippen LogP contribution in [0.15, 0.2) is 24.3 Å². The lowest BCUT2D eigenvalue weighted by molar-refractivity contribution is -0.132. The lowest BCUT2D eigenvalue weighted by atomic mass is 9.82. The first kappa shape index (κ1) is 13.1. The Morgan fingerprint density at radius 1 is 1.26 bits per heavy atom. The maximum absolute atomic E-state index is 12.5. The molecule has 96 valence electrons. The number of benzene rings is 1. The molecule has 4 nitrogen and oxygen atoms in total. The molecular formula is C15H15N3O. The summed E-state index contributed by atoms with van der Waals surface area (Å²) >= 11 is 0. The van der Waals surface area contributed by atoms with Crippen molar-refractivity contribution in [1.29, 1.82) is 10.5 Å². The number of amides is 1. The van der Waals surface area contributed by atoms with Gasteiger partial charge in [0.05, 0.1) is 18.1 Å². The summed E-state index contributed by atoms with van der Waals surface area (Å²) in [5, 5.41) is 17.5. The van der Waals surface area contributed by atoms with E-state index in [2.05, 4.69) is 0 Å². The maximum atomic E-state index is 12.5. The molecule has 2 rings (SSSR count). The summed E-state index contributed by atoms with van der Waals surface area (Å²) in [5.41, 5.74) is 2.26. The van der Waals surface area contributed by atoms with Gasteiger partial charge in [0.2, 0.25) is 5.91 Å². The standard InChI is InChI=1S/C15H15N3O/c16-8-10-18(11-9-17)15(19)14-7-3-5-12-4-1-2-6-13(12)14/h1-2,4,6,14H,3,5,7,10-11H2. The number of rotatable bonds is 3. The van der Waals surface area contributed by atoms with Gasteiger partial charge in [-0.2, -0.15) is 10.5 Å². The van der Waals surface area contributed by atoms with E-state index in [1.807, 2.05) is 36.4 Å². The van der Waals surface area contributed by atoms with Gasteiger partial charge in [-0.15, -0.1) is 0 Å². The zero-order chi connectivity index (χ0) is 13.7. The van der Waals surface area contributed by atoms with Gasteiger partial charge in [-0.25, -0.2) is 0 Å². The van der Waals surface area contributed by atoms with Crippen molar-refractivity contribution in [2.24, 2.45) is 0 Å². The molecule has 1 amide bonds. The third-order valence-electron chi connectivity index (χ3n) is 3.50. The summed E-state index contributed by atoms with van der Waals surface area (Å²) in [4.78, 5) is 13.8. The Balaban J connectivity index is 2.25. The molecule has 19 heavy (non-hydrogen) atoms. The number of hydrogen-bond acceptors (Lipinski definition) is 3. The highest BCUT2D eigenvalue weighted by Gasteiger charge is 2.29. The molecule has 1 aromatic carbocycles. The molecule has 0 radical (unpaired) electrons. The fourth-order valence-corrected chi connectivity index (χ4v) is 2.61. The zero-order valence-electron chi connectivity index (χ0n) is 10.7. The second-order valence-electron chi connectivity index (χ2n) is 4.65. The van der Waals surface area contributed by atoms with Gasteiger partial charge in [0.25, 0.3) is 0 Å². The highest BCUT2D eigenvalue weighted by atomic mass is 16.2. The number of fused-ring (bicyclic) bond motifs is 1. The smallest absolute Gasteiger partial charge is 0.231 e. The average molecular weight is 253 g/mol. The monoisotopic (exact) mass is 253 g/mol. The molecule has 1 atom stereocenters. The van der Waals surface area contributed by atoms with Crippen molar-refractivity contribution in [3.8, 4) is 12.1 Å². The molecule has 1 unspecified atom stereocenters. The Labute approximate surface area is 112 Å². The molecule has 1 aliphatic rings. The van der Waals surface area contributed by atoms with Crippen molar-refractivity contribution in [2.45, 2.75) is 25.2 Å². The van der Waals surface area contributed by atoms with Crippen LogP contribution < -0.4 is 0 Å². The highest BCUT2D eigenvalue weighted by molar-refractivity contribution is 5.84. The van der Waals surface area contributed by atoms with E-state index in [9.17, 15) is 4.79 Å². The van der Waals surface area contributed by atoms with Gasteiger partial charge in [0.15, 0.2) is 0 Å². The minimum absolute atomic E-state index is 0.0228. The minimum Gasteiger partial charge on any atom is -0.316 e. The van der Waals surface area contributed by atoms with Crippen LogP contribution in [0, 0.1) is 22.7 Å². The van der Waals surface area contributed by atoms with E-state index in [0.717, 1.165) is 24.8 Å². The molecule has 0 spiro atoms. The van der Waals surface area contributed by atoms with Gasteiger partial charge < -0.3 is 4.90 Å². The van der Waals surface area contributed by atoms with Crippen molar-refractivity contribution >= 4 is 5.91 Å². The van der Waals surface area contributed by atoms with Gasteiger partial charge in [-0.05, 0) is 30.4 Å². The van der Waals surface area contributed by atoms with E-state index < -0.39 is 0 Å². The first-order valence-electron chi connectivity index (χ1n) is 6.38. The van der Waals surface area contributed by atoms with E-state index in [1.165, 1.54) is 10.5 Å². The van der Waals surface area contributed by atoms with Crippen LogP contribution in [0.5, 0.6) is 0 Å². The Morgan fingerprint density at radius 2 is 1.95 bits per heavy atom. The Bertz CT molecular complexity index is 537. The van der Waals surface area contributed by atoms with Crippen LogP contribution in [0.3, 0.4) is 0 Å². The van der Waals surface area contributed by atoms with Gasteiger partial charge in [0.1, 0.15) is 13.1 Å². The lowest BCUT2D eigenvalue weighted by Gasteiger charge is -2.28. The van der Waals surface area contributed by atoms with Crippen LogP contribution in [0.2, 0.25) is 0 Å².